The van der Waals surface area contributed by atoms with Crippen molar-refractivity contribution >= 4 is 82.5 Å². The van der Waals surface area contributed by atoms with Crippen molar-refractivity contribution in [3.05, 3.63) is 188 Å². The van der Waals surface area contributed by atoms with Crippen LogP contribution in [0, 0.1) is 0 Å². The van der Waals surface area contributed by atoms with E-state index in [9.17, 15) is 0 Å². The SMILES string of the molecule is c1ccc(-c2ccc(N(c3ccccc3)c3c(-c4cc5ccccc5c5ccccc45)ccc4c3oc3ccc5oc6ccccc6c5c34)cc2)cc1. The Kier molecular flexibility index (Phi) is 6.55. The van der Waals surface area contributed by atoms with Gasteiger partial charge in [-0.05, 0) is 92.8 Å². The molecule has 0 bridgehead atoms. The minimum absolute atomic E-state index is 0.823. The van der Waals surface area contributed by atoms with Gasteiger partial charge in [0.2, 0.25) is 0 Å². The van der Waals surface area contributed by atoms with Gasteiger partial charge in [0.1, 0.15) is 16.7 Å². The van der Waals surface area contributed by atoms with Crippen LogP contribution in [0.5, 0.6) is 0 Å². The third-order valence-corrected chi connectivity index (χ3v) is 10.6. The van der Waals surface area contributed by atoms with Gasteiger partial charge < -0.3 is 13.7 Å². The lowest BCUT2D eigenvalue weighted by Crippen LogP contribution is -2.11. The average Bonchev–Trinajstić information content (AvgIpc) is 3.80. The molecule has 0 saturated carbocycles. The summed E-state index contributed by atoms with van der Waals surface area (Å²) < 4.78 is 13.5. The van der Waals surface area contributed by atoms with E-state index in [0.29, 0.717) is 0 Å². The normalized spacial score (nSPS) is 11.8. The molecule has 0 unspecified atom stereocenters. The van der Waals surface area contributed by atoms with Gasteiger partial charge in [0.05, 0.1) is 5.69 Å². The number of furan rings is 2. The molecule has 53 heavy (non-hydrogen) atoms. The first kappa shape index (κ1) is 29.6. The Bertz CT molecular complexity index is 3160. The Hall–Kier alpha value is -7.10. The predicted molar refractivity (Wildman–Crippen MR) is 222 cm³/mol. The second-order valence-electron chi connectivity index (χ2n) is 13.6. The van der Waals surface area contributed by atoms with Gasteiger partial charge in [-0.2, -0.15) is 0 Å². The predicted octanol–water partition coefficient (Wildman–Crippen LogP) is 14.6. The molecule has 0 aliphatic carbocycles. The van der Waals surface area contributed by atoms with Crippen LogP contribution < -0.4 is 4.90 Å². The van der Waals surface area contributed by atoms with Crippen LogP contribution in [0.4, 0.5) is 17.1 Å². The van der Waals surface area contributed by atoms with Gasteiger partial charge in [-0.1, -0.05) is 133 Å². The van der Waals surface area contributed by atoms with Gasteiger partial charge in [0.25, 0.3) is 0 Å². The molecule has 0 aliphatic heterocycles. The largest absolute Gasteiger partial charge is 0.456 e. The number of fused-ring (bicyclic) bond motifs is 10. The van der Waals surface area contributed by atoms with E-state index in [1.165, 1.54) is 32.7 Å². The maximum atomic E-state index is 7.11. The summed E-state index contributed by atoms with van der Waals surface area (Å²) in [5, 5.41) is 9.11. The summed E-state index contributed by atoms with van der Waals surface area (Å²) >= 11 is 0. The topological polar surface area (TPSA) is 29.5 Å². The fourth-order valence-corrected chi connectivity index (χ4v) is 8.27. The molecule has 2 heterocycles. The molecule has 11 aromatic rings. The summed E-state index contributed by atoms with van der Waals surface area (Å²) in [5.74, 6) is 0. The molecule has 0 spiro atoms. The van der Waals surface area contributed by atoms with Crippen molar-refractivity contribution in [3.63, 3.8) is 0 Å². The first-order valence-electron chi connectivity index (χ1n) is 18.0. The van der Waals surface area contributed by atoms with E-state index >= 15 is 0 Å². The van der Waals surface area contributed by atoms with Crippen LogP contribution in [0.25, 0.3) is 87.7 Å². The number of hydrogen-bond donors (Lipinski definition) is 0. The molecule has 2 aromatic heterocycles. The molecule has 9 aromatic carbocycles. The molecule has 248 valence electrons. The Balaban J connectivity index is 1.28. The van der Waals surface area contributed by atoms with Crippen LogP contribution in [-0.2, 0) is 0 Å². The number of rotatable bonds is 5. The molecule has 0 N–H and O–H groups in total. The van der Waals surface area contributed by atoms with Crippen LogP contribution in [0.2, 0.25) is 0 Å². The highest BCUT2D eigenvalue weighted by Gasteiger charge is 2.26. The monoisotopic (exact) mass is 677 g/mol. The Labute approximate surface area is 305 Å². The summed E-state index contributed by atoms with van der Waals surface area (Å²) in [7, 11) is 0. The Morgan fingerprint density at radius 1 is 0.340 bits per heavy atom. The van der Waals surface area contributed by atoms with E-state index in [1.54, 1.807) is 0 Å². The zero-order valence-electron chi connectivity index (χ0n) is 28.7. The molecule has 0 saturated heterocycles. The molecular weight excluding hydrogens is 647 g/mol. The number of para-hydroxylation sites is 2. The van der Waals surface area contributed by atoms with E-state index in [1.807, 2.05) is 18.2 Å². The van der Waals surface area contributed by atoms with Crippen LogP contribution >= 0.6 is 0 Å². The van der Waals surface area contributed by atoms with Gasteiger partial charge in [0, 0.05) is 38.5 Å². The van der Waals surface area contributed by atoms with E-state index in [0.717, 1.165) is 72.1 Å². The summed E-state index contributed by atoms with van der Waals surface area (Å²) in [6, 6.07) is 66.7. The van der Waals surface area contributed by atoms with Crippen molar-refractivity contribution in [2.45, 2.75) is 0 Å². The van der Waals surface area contributed by atoms with Gasteiger partial charge in [-0.15, -0.1) is 0 Å². The maximum Gasteiger partial charge on any atom is 0.160 e. The first-order valence-corrected chi connectivity index (χ1v) is 18.0. The van der Waals surface area contributed by atoms with Crippen LogP contribution in [0.1, 0.15) is 0 Å². The van der Waals surface area contributed by atoms with Crippen molar-refractivity contribution < 1.29 is 8.83 Å². The average molecular weight is 678 g/mol. The van der Waals surface area contributed by atoms with Gasteiger partial charge in [-0.25, -0.2) is 0 Å². The minimum atomic E-state index is 0.823. The highest BCUT2D eigenvalue weighted by atomic mass is 16.3. The van der Waals surface area contributed by atoms with E-state index in [4.69, 9.17) is 8.83 Å². The quantitative estimate of drug-likeness (QED) is 0.170. The molecule has 3 nitrogen and oxygen atoms in total. The first-order chi connectivity index (χ1) is 26.3. The Morgan fingerprint density at radius 2 is 0.925 bits per heavy atom. The molecule has 0 aliphatic rings. The lowest BCUT2D eigenvalue weighted by Gasteiger charge is -2.28. The molecular formula is C50H31NO2. The Morgan fingerprint density at radius 3 is 1.72 bits per heavy atom. The minimum Gasteiger partial charge on any atom is -0.456 e. The van der Waals surface area contributed by atoms with Crippen LogP contribution in [-0.4, -0.2) is 0 Å². The highest BCUT2D eigenvalue weighted by Crippen LogP contribution is 2.51. The fraction of sp³-hybridized carbons (Fsp3) is 0. The number of nitrogens with zero attached hydrogens (tertiary/aromatic N) is 1. The van der Waals surface area contributed by atoms with Crippen LogP contribution in [0.15, 0.2) is 197 Å². The van der Waals surface area contributed by atoms with Gasteiger partial charge >= 0.3 is 0 Å². The summed E-state index contributed by atoms with van der Waals surface area (Å²) in [6.45, 7) is 0. The van der Waals surface area contributed by atoms with E-state index < -0.39 is 0 Å². The number of benzene rings is 9. The van der Waals surface area contributed by atoms with Crippen molar-refractivity contribution in [1.29, 1.82) is 0 Å². The maximum absolute atomic E-state index is 7.11. The van der Waals surface area contributed by atoms with Gasteiger partial charge in [-0.3, -0.25) is 0 Å². The summed E-state index contributed by atoms with van der Waals surface area (Å²) in [4.78, 5) is 2.36. The third kappa shape index (κ3) is 4.61. The van der Waals surface area contributed by atoms with Gasteiger partial charge in [0.15, 0.2) is 5.58 Å². The second-order valence-corrected chi connectivity index (χ2v) is 13.6. The van der Waals surface area contributed by atoms with Crippen molar-refractivity contribution in [2.24, 2.45) is 0 Å². The fourth-order valence-electron chi connectivity index (χ4n) is 8.27. The second kappa shape index (κ2) is 11.7. The van der Waals surface area contributed by atoms with E-state index in [-0.39, 0.29) is 0 Å². The van der Waals surface area contributed by atoms with Crippen LogP contribution in [0.3, 0.4) is 0 Å². The number of anilines is 3. The molecule has 11 rings (SSSR count). The van der Waals surface area contributed by atoms with E-state index in [2.05, 4.69) is 175 Å². The standard InChI is InChI=1S/C50H31NO2/c1-3-13-32(14-4-1)33-23-25-36(26-24-33)51(35-16-5-2-6-17-35)49-40(43-31-34-15-7-8-18-37(34)38-19-9-10-20-39(38)43)27-28-42-48-46(53-50(42)49)30-29-45-47(48)41-21-11-12-22-44(41)52-45/h1-31H. The zero-order valence-corrected chi connectivity index (χ0v) is 28.7. The number of hydrogen-bond acceptors (Lipinski definition) is 3. The van der Waals surface area contributed by atoms with Crippen molar-refractivity contribution in [3.8, 4) is 22.3 Å². The van der Waals surface area contributed by atoms with Crippen molar-refractivity contribution in [2.75, 3.05) is 4.90 Å². The van der Waals surface area contributed by atoms with Crippen molar-refractivity contribution in [1.82, 2.24) is 0 Å². The molecule has 0 fully saturated rings. The molecule has 3 heteroatoms. The summed E-state index contributed by atoms with van der Waals surface area (Å²) in [5.41, 5.74) is 11.0. The molecule has 0 amide bonds. The zero-order chi connectivity index (χ0) is 34.9. The smallest absolute Gasteiger partial charge is 0.160 e. The molecule has 0 radical (unpaired) electrons. The summed E-state index contributed by atoms with van der Waals surface area (Å²) in [6.07, 6.45) is 0. The lowest BCUT2D eigenvalue weighted by molar-refractivity contribution is 0.663. The highest BCUT2D eigenvalue weighted by molar-refractivity contribution is 6.28. The molecule has 0 atom stereocenters. The third-order valence-electron chi connectivity index (χ3n) is 10.6. The lowest BCUT2D eigenvalue weighted by atomic mass is 9.91.